The quantitative estimate of drug-likeness (QED) is 0.402. The summed E-state index contributed by atoms with van der Waals surface area (Å²) in [7, 11) is 1.67. The maximum Gasteiger partial charge on any atom is 0.184 e. The van der Waals surface area contributed by atoms with E-state index >= 15 is 0 Å². The summed E-state index contributed by atoms with van der Waals surface area (Å²) in [6, 6.07) is -0.397. The summed E-state index contributed by atoms with van der Waals surface area (Å²) in [5.41, 5.74) is -1.38. The third-order valence-corrected chi connectivity index (χ3v) is 2.63. The lowest BCUT2D eigenvalue weighted by Gasteiger charge is -2.46. The van der Waals surface area contributed by atoms with Crippen molar-refractivity contribution >= 4 is 0 Å². The Labute approximate surface area is 77.3 Å². The zero-order valence-corrected chi connectivity index (χ0v) is 8.06. The summed E-state index contributed by atoms with van der Waals surface area (Å²) in [6.07, 6.45) is -2.96. The predicted molar refractivity (Wildman–Crippen MR) is 46.0 cm³/mol. The van der Waals surface area contributed by atoms with E-state index in [4.69, 9.17) is 4.74 Å². The highest BCUT2D eigenvalue weighted by atomic mass is 16.6. The fourth-order valence-electron chi connectivity index (χ4n) is 1.85. The molecule has 1 aliphatic heterocycles. The van der Waals surface area contributed by atoms with E-state index in [0.717, 1.165) is 0 Å². The predicted octanol–water partition coefficient (Wildman–Crippen LogP) is -1.58. The van der Waals surface area contributed by atoms with E-state index in [9.17, 15) is 15.3 Å². The van der Waals surface area contributed by atoms with Crippen LogP contribution in [0.3, 0.4) is 0 Å². The van der Waals surface area contributed by atoms with Gasteiger partial charge in [-0.1, -0.05) is 0 Å². The smallest absolute Gasteiger partial charge is 0.184 e. The summed E-state index contributed by atoms with van der Waals surface area (Å²) in [5.74, 6) is 0. The van der Waals surface area contributed by atoms with Crippen LogP contribution >= 0.6 is 0 Å². The molecule has 1 rings (SSSR count). The maximum absolute atomic E-state index is 9.89. The Kier molecular flexibility index (Phi) is 2.94. The molecule has 0 saturated carbocycles. The molecule has 1 fully saturated rings. The molecule has 78 valence electrons. The molecule has 1 saturated heterocycles. The minimum absolute atomic E-state index is 0.349. The van der Waals surface area contributed by atoms with Crippen LogP contribution in [0.4, 0.5) is 0 Å². The lowest BCUT2D eigenvalue weighted by atomic mass is 9.84. The van der Waals surface area contributed by atoms with E-state index in [1.165, 1.54) is 6.92 Å². The van der Waals surface area contributed by atoms with Gasteiger partial charge in [0.05, 0.1) is 12.1 Å². The van der Waals surface area contributed by atoms with Crippen molar-refractivity contribution in [1.82, 2.24) is 5.32 Å². The Balaban J connectivity index is 2.85. The molecule has 0 amide bonds. The van der Waals surface area contributed by atoms with Crippen LogP contribution in [0.1, 0.15) is 13.8 Å². The molecule has 0 aliphatic carbocycles. The summed E-state index contributed by atoms with van der Waals surface area (Å²) < 4.78 is 5.02. The van der Waals surface area contributed by atoms with Crippen molar-refractivity contribution in [3.8, 4) is 0 Å². The Hall–Kier alpha value is -0.200. The van der Waals surface area contributed by atoms with Gasteiger partial charge < -0.3 is 25.4 Å². The highest BCUT2D eigenvalue weighted by molar-refractivity contribution is 5.00. The van der Waals surface area contributed by atoms with Crippen LogP contribution in [0.2, 0.25) is 0 Å². The molecule has 1 heterocycles. The minimum atomic E-state index is -1.38. The summed E-state index contributed by atoms with van der Waals surface area (Å²) >= 11 is 0. The van der Waals surface area contributed by atoms with Crippen molar-refractivity contribution in [2.24, 2.45) is 0 Å². The largest absolute Gasteiger partial charge is 0.386 e. The molecule has 0 spiro atoms. The van der Waals surface area contributed by atoms with E-state index in [1.54, 1.807) is 14.0 Å². The standard InChI is InChI=1S/C8H17NO4/c1-4-5(9-3)8(2,12)6(10)7(11)13-4/h4-7,9-12H,1-3H3. The van der Waals surface area contributed by atoms with Crippen LogP contribution in [0.5, 0.6) is 0 Å². The molecule has 5 atom stereocenters. The zero-order valence-electron chi connectivity index (χ0n) is 8.06. The first-order valence-corrected chi connectivity index (χ1v) is 4.32. The van der Waals surface area contributed by atoms with Gasteiger partial charge in [-0.05, 0) is 20.9 Å². The molecule has 5 heteroatoms. The Morgan fingerprint density at radius 2 is 1.92 bits per heavy atom. The summed E-state index contributed by atoms with van der Waals surface area (Å²) in [4.78, 5) is 0. The number of aliphatic hydroxyl groups is 3. The highest BCUT2D eigenvalue weighted by Crippen LogP contribution is 2.28. The number of likely N-dealkylation sites (N-methyl/N-ethyl adjacent to an activating group) is 1. The molecule has 0 bridgehead atoms. The van der Waals surface area contributed by atoms with E-state index in [2.05, 4.69) is 5.32 Å². The zero-order chi connectivity index (χ0) is 10.2. The fourth-order valence-corrected chi connectivity index (χ4v) is 1.85. The van der Waals surface area contributed by atoms with Gasteiger partial charge in [0, 0.05) is 0 Å². The van der Waals surface area contributed by atoms with Crippen LogP contribution in [0.25, 0.3) is 0 Å². The Morgan fingerprint density at radius 1 is 1.38 bits per heavy atom. The van der Waals surface area contributed by atoms with Crippen LogP contribution < -0.4 is 5.32 Å². The molecule has 1 aliphatic rings. The van der Waals surface area contributed by atoms with E-state index in [0.29, 0.717) is 0 Å². The Morgan fingerprint density at radius 3 is 2.38 bits per heavy atom. The van der Waals surface area contributed by atoms with Gasteiger partial charge in [-0.25, -0.2) is 0 Å². The molecular formula is C8H17NO4. The number of ether oxygens (including phenoxy) is 1. The first-order chi connectivity index (χ1) is 5.91. The number of nitrogens with one attached hydrogen (secondary N) is 1. The van der Waals surface area contributed by atoms with Gasteiger partial charge in [0.2, 0.25) is 0 Å². The summed E-state index contributed by atoms with van der Waals surface area (Å²) in [5, 5.41) is 31.4. The molecule has 13 heavy (non-hydrogen) atoms. The van der Waals surface area contributed by atoms with Crippen molar-refractivity contribution in [2.45, 2.75) is 44.0 Å². The topological polar surface area (TPSA) is 82.0 Å². The normalized spacial score (nSPS) is 52.2. The van der Waals surface area contributed by atoms with Crippen LogP contribution in [-0.2, 0) is 4.74 Å². The SMILES string of the molecule is CNC1C(C)OC(O)C(O)C1(C)O. The van der Waals surface area contributed by atoms with Gasteiger partial charge in [0.1, 0.15) is 11.7 Å². The molecule has 5 nitrogen and oxygen atoms in total. The molecule has 0 aromatic heterocycles. The first-order valence-electron chi connectivity index (χ1n) is 4.32. The number of aliphatic hydroxyl groups excluding tert-OH is 2. The molecule has 4 N–H and O–H groups in total. The van der Waals surface area contributed by atoms with Crippen molar-refractivity contribution in [1.29, 1.82) is 0 Å². The van der Waals surface area contributed by atoms with Crippen molar-refractivity contribution in [3.05, 3.63) is 0 Å². The van der Waals surface area contributed by atoms with E-state index < -0.39 is 24.0 Å². The average Bonchev–Trinajstić information content (AvgIpc) is 2.01. The van der Waals surface area contributed by atoms with Gasteiger partial charge in [0.15, 0.2) is 6.29 Å². The van der Waals surface area contributed by atoms with Gasteiger partial charge >= 0.3 is 0 Å². The van der Waals surface area contributed by atoms with Gasteiger partial charge in [0.25, 0.3) is 0 Å². The second kappa shape index (κ2) is 3.51. The van der Waals surface area contributed by atoms with Crippen molar-refractivity contribution in [3.63, 3.8) is 0 Å². The molecule has 0 aromatic carbocycles. The minimum Gasteiger partial charge on any atom is -0.386 e. The van der Waals surface area contributed by atoms with Crippen LogP contribution in [0.15, 0.2) is 0 Å². The van der Waals surface area contributed by atoms with Crippen molar-refractivity contribution < 1.29 is 20.1 Å². The lowest BCUT2D eigenvalue weighted by molar-refractivity contribution is -0.282. The molecule has 0 radical (unpaired) electrons. The van der Waals surface area contributed by atoms with E-state index in [-0.39, 0.29) is 6.10 Å². The van der Waals surface area contributed by atoms with Crippen LogP contribution in [-0.4, -0.2) is 52.5 Å². The monoisotopic (exact) mass is 191 g/mol. The third kappa shape index (κ3) is 1.70. The molecule has 0 aromatic rings. The third-order valence-electron chi connectivity index (χ3n) is 2.63. The molecule has 5 unspecified atom stereocenters. The van der Waals surface area contributed by atoms with Gasteiger partial charge in [-0.3, -0.25) is 0 Å². The second-order valence-electron chi connectivity index (χ2n) is 3.67. The fraction of sp³-hybridized carbons (Fsp3) is 1.00. The highest BCUT2D eigenvalue weighted by Gasteiger charge is 2.50. The number of hydrogen-bond acceptors (Lipinski definition) is 5. The number of hydrogen-bond donors (Lipinski definition) is 4. The second-order valence-corrected chi connectivity index (χ2v) is 3.67. The average molecular weight is 191 g/mol. The Bertz CT molecular complexity index is 185. The van der Waals surface area contributed by atoms with Gasteiger partial charge in [-0.2, -0.15) is 0 Å². The van der Waals surface area contributed by atoms with Crippen molar-refractivity contribution in [2.75, 3.05) is 7.05 Å². The van der Waals surface area contributed by atoms with Crippen LogP contribution in [0, 0.1) is 0 Å². The van der Waals surface area contributed by atoms with Gasteiger partial charge in [-0.15, -0.1) is 0 Å². The molecular weight excluding hydrogens is 174 g/mol. The maximum atomic E-state index is 9.89. The first kappa shape index (κ1) is 10.9. The number of rotatable bonds is 1. The summed E-state index contributed by atoms with van der Waals surface area (Å²) in [6.45, 7) is 3.20. The lowest BCUT2D eigenvalue weighted by Crippen LogP contribution is -2.68. The van der Waals surface area contributed by atoms with E-state index in [1.807, 2.05) is 0 Å².